The number of morpholine rings is 1. The maximum absolute atomic E-state index is 10.1. The maximum atomic E-state index is 10.1. The molecule has 24 heavy (non-hydrogen) atoms. The number of nitrogens with zero attached hydrogens (tertiary/aromatic N) is 1. The number of aliphatic hydroxyl groups excluding tert-OH is 1. The van der Waals surface area contributed by atoms with Gasteiger partial charge in [0.05, 0.1) is 13.2 Å². The summed E-state index contributed by atoms with van der Waals surface area (Å²) in [6.07, 6.45) is 2.46. The molecule has 0 unspecified atom stereocenters. The van der Waals surface area contributed by atoms with Gasteiger partial charge in [0.1, 0.15) is 18.5 Å². The van der Waals surface area contributed by atoms with Crippen LogP contribution in [0.3, 0.4) is 0 Å². The number of hydrogen-bond acceptors (Lipinski definition) is 5. The van der Waals surface area contributed by atoms with Crippen LogP contribution in [0.25, 0.3) is 10.9 Å². The van der Waals surface area contributed by atoms with E-state index >= 15 is 0 Å². The number of H-pyrrole nitrogens is 1. The molecule has 3 rings (SSSR count). The molecule has 3 N–H and O–H groups in total. The smallest absolute Gasteiger partial charge is 0.128 e. The maximum Gasteiger partial charge on any atom is 0.128 e. The van der Waals surface area contributed by atoms with E-state index in [4.69, 9.17) is 9.47 Å². The summed E-state index contributed by atoms with van der Waals surface area (Å²) < 4.78 is 11.1. The molecule has 1 atom stereocenters. The van der Waals surface area contributed by atoms with Crippen molar-refractivity contribution >= 4 is 10.9 Å². The second-order valence-electron chi connectivity index (χ2n) is 6.17. The first kappa shape index (κ1) is 17.2. The van der Waals surface area contributed by atoms with Gasteiger partial charge in [-0.25, -0.2) is 0 Å². The average molecular weight is 333 g/mol. The predicted octanol–water partition coefficient (Wildman–Crippen LogP) is 1.22. The monoisotopic (exact) mass is 333 g/mol. The molecule has 1 aromatic carbocycles. The first-order valence-electron chi connectivity index (χ1n) is 8.71. The molecule has 1 aliphatic rings. The molecule has 1 saturated heterocycles. The van der Waals surface area contributed by atoms with Crippen LogP contribution >= 0.6 is 0 Å². The Hall–Kier alpha value is -1.60. The first-order valence-corrected chi connectivity index (χ1v) is 8.71. The summed E-state index contributed by atoms with van der Waals surface area (Å²) in [5.41, 5.74) is 1.04. The number of aromatic nitrogens is 1. The highest BCUT2D eigenvalue weighted by Crippen LogP contribution is 2.24. The van der Waals surface area contributed by atoms with Gasteiger partial charge in [-0.15, -0.1) is 0 Å². The number of rotatable bonds is 9. The number of benzene rings is 1. The Balaban J connectivity index is 1.30. The number of hydrogen-bond donors (Lipinski definition) is 3. The van der Waals surface area contributed by atoms with Crippen LogP contribution in [0, 0.1) is 0 Å². The van der Waals surface area contributed by atoms with E-state index in [0.717, 1.165) is 62.5 Å². The Morgan fingerprint density at radius 3 is 3.04 bits per heavy atom. The average Bonchev–Trinajstić information content (AvgIpc) is 3.10. The molecule has 2 heterocycles. The quantitative estimate of drug-likeness (QED) is 0.602. The minimum atomic E-state index is -0.511. The number of nitrogens with one attached hydrogen (secondary N) is 2. The van der Waals surface area contributed by atoms with Gasteiger partial charge in [-0.05, 0) is 37.7 Å². The lowest BCUT2D eigenvalue weighted by molar-refractivity contribution is 0.0373. The predicted molar refractivity (Wildman–Crippen MR) is 94.5 cm³/mol. The van der Waals surface area contributed by atoms with Crippen LogP contribution in [0.2, 0.25) is 0 Å². The van der Waals surface area contributed by atoms with Crippen molar-refractivity contribution in [2.45, 2.75) is 12.5 Å². The Labute approximate surface area is 142 Å². The van der Waals surface area contributed by atoms with Crippen molar-refractivity contribution in [1.82, 2.24) is 15.2 Å². The molecule has 2 aromatic rings. The molecule has 132 valence electrons. The van der Waals surface area contributed by atoms with Crippen molar-refractivity contribution in [3.8, 4) is 5.75 Å². The highest BCUT2D eigenvalue weighted by Gasteiger charge is 2.10. The van der Waals surface area contributed by atoms with Gasteiger partial charge in [0, 0.05) is 36.7 Å². The fourth-order valence-corrected chi connectivity index (χ4v) is 2.95. The second kappa shape index (κ2) is 9.03. The highest BCUT2D eigenvalue weighted by molar-refractivity contribution is 5.85. The van der Waals surface area contributed by atoms with Crippen LogP contribution in [0.15, 0.2) is 30.5 Å². The number of aromatic amines is 1. The van der Waals surface area contributed by atoms with Gasteiger partial charge >= 0.3 is 0 Å². The molecular weight excluding hydrogens is 306 g/mol. The van der Waals surface area contributed by atoms with Crippen LogP contribution in [0.1, 0.15) is 6.42 Å². The lowest BCUT2D eigenvalue weighted by Gasteiger charge is -2.26. The van der Waals surface area contributed by atoms with E-state index in [-0.39, 0.29) is 0 Å². The van der Waals surface area contributed by atoms with E-state index in [2.05, 4.69) is 15.2 Å². The third-order valence-corrected chi connectivity index (χ3v) is 4.30. The molecule has 0 radical (unpaired) electrons. The summed E-state index contributed by atoms with van der Waals surface area (Å²) >= 11 is 0. The molecule has 0 spiro atoms. The van der Waals surface area contributed by atoms with Crippen molar-refractivity contribution in [2.75, 3.05) is 52.5 Å². The Kier molecular flexibility index (Phi) is 6.48. The van der Waals surface area contributed by atoms with Crippen molar-refractivity contribution in [2.24, 2.45) is 0 Å². The van der Waals surface area contributed by atoms with Gasteiger partial charge in [0.25, 0.3) is 0 Å². The minimum Gasteiger partial charge on any atom is -0.490 e. The normalized spacial score (nSPS) is 17.2. The molecule has 6 heteroatoms. The van der Waals surface area contributed by atoms with Crippen molar-refractivity contribution in [3.63, 3.8) is 0 Å². The summed E-state index contributed by atoms with van der Waals surface area (Å²) in [7, 11) is 0. The molecule has 1 aromatic heterocycles. The van der Waals surface area contributed by atoms with Crippen molar-refractivity contribution < 1.29 is 14.6 Å². The van der Waals surface area contributed by atoms with E-state index in [1.165, 1.54) is 0 Å². The Morgan fingerprint density at radius 2 is 2.17 bits per heavy atom. The summed E-state index contributed by atoms with van der Waals surface area (Å²) in [5, 5.41) is 14.4. The molecular formula is C18H27N3O3. The van der Waals surface area contributed by atoms with Gasteiger partial charge in [0.15, 0.2) is 0 Å². The number of ether oxygens (including phenoxy) is 2. The van der Waals surface area contributed by atoms with Gasteiger partial charge in [0.2, 0.25) is 0 Å². The lowest BCUT2D eigenvalue weighted by atomic mass is 10.2. The fourth-order valence-electron chi connectivity index (χ4n) is 2.95. The SMILES string of the molecule is O[C@@H](CNCCCN1CCOCC1)COc1cccc2[nH]ccc12. The molecule has 0 amide bonds. The largest absolute Gasteiger partial charge is 0.490 e. The summed E-state index contributed by atoms with van der Waals surface area (Å²) in [6, 6.07) is 7.87. The van der Waals surface area contributed by atoms with Gasteiger partial charge in [-0.2, -0.15) is 0 Å². The lowest BCUT2D eigenvalue weighted by Crippen LogP contribution is -2.38. The highest BCUT2D eigenvalue weighted by atomic mass is 16.5. The molecule has 1 fully saturated rings. The van der Waals surface area contributed by atoms with E-state index < -0.39 is 6.10 Å². The topological polar surface area (TPSA) is 69.8 Å². The number of fused-ring (bicyclic) bond motifs is 1. The third kappa shape index (κ3) is 4.95. The Morgan fingerprint density at radius 1 is 1.29 bits per heavy atom. The molecule has 0 saturated carbocycles. The molecule has 0 aliphatic carbocycles. The van der Waals surface area contributed by atoms with Gasteiger partial charge in [-0.3, -0.25) is 4.90 Å². The van der Waals surface area contributed by atoms with E-state index in [0.29, 0.717) is 13.2 Å². The van der Waals surface area contributed by atoms with Crippen LogP contribution in [0.4, 0.5) is 0 Å². The standard InChI is InChI=1S/C18H27N3O3/c22-15(13-19-6-2-8-21-9-11-23-12-10-21)14-24-18-4-1-3-17-16(18)5-7-20-17/h1,3-5,7,15,19-20,22H,2,6,8-14H2/t15-/m0/s1. The zero-order valence-electron chi connectivity index (χ0n) is 14.0. The van der Waals surface area contributed by atoms with E-state index in [1.54, 1.807) is 0 Å². The fraction of sp³-hybridized carbons (Fsp3) is 0.556. The van der Waals surface area contributed by atoms with Gasteiger partial charge in [-0.1, -0.05) is 6.07 Å². The molecule has 0 bridgehead atoms. The Bertz CT molecular complexity index is 610. The second-order valence-corrected chi connectivity index (χ2v) is 6.17. The van der Waals surface area contributed by atoms with E-state index in [9.17, 15) is 5.11 Å². The summed E-state index contributed by atoms with van der Waals surface area (Å²) in [4.78, 5) is 5.58. The zero-order valence-corrected chi connectivity index (χ0v) is 14.0. The van der Waals surface area contributed by atoms with Gasteiger partial charge < -0.3 is 24.9 Å². The van der Waals surface area contributed by atoms with E-state index in [1.807, 2.05) is 30.5 Å². The van der Waals surface area contributed by atoms with Crippen LogP contribution < -0.4 is 10.1 Å². The minimum absolute atomic E-state index is 0.292. The van der Waals surface area contributed by atoms with Crippen LogP contribution in [-0.4, -0.2) is 73.6 Å². The summed E-state index contributed by atoms with van der Waals surface area (Å²) in [5.74, 6) is 0.806. The first-order chi connectivity index (χ1) is 11.8. The molecule has 6 nitrogen and oxygen atoms in total. The third-order valence-electron chi connectivity index (χ3n) is 4.30. The van der Waals surface area contributed by atoms with Crippen molar-refractivity contribution in [3.05, 3.63) is 30.5 Å². The van der Waals surface area contributed by atoms with Crippen molar-refractivity contribution in [1.29, 1.82) is 0 Å². The van der Waals surface area contributed by atoms with Crippen LogP contribution in [0.5, 0.6) is 5.75 Å². The van der Waals surface area contributed by atoms with Crippen LogP contribution in [-0.2, 0) is 4.74 Å². The number of aliphatic hydroxyl groups is 1. The zero-order chi connectivity index (χ0) is 16.6. The summed E-state index contributed by atoms with van der Waals surface area (Å²) in [6.45, 7) is 6.57. The molecule has 1 aliphatic heterocycles.